The SMILES string of the molecule is CC1CC(OCC(=O)N2CCC(C(=O)O)CC2)CC(C)O1. The fourth-order valence-electron chi connectivity index (χ4n) is 3.14. The molecule has 2 heterocycles. The normalized spacial score (nSPS) is 31.1. The van der Waals surface area contributed by atoms with Crippen LogP contribution in [0.1, 0.15) is 39.5 Å². The molecule has 0 saturated carbocycles. The maximum Gasteiger partial charge on any atom is 0.306 e. The van der Waals surface area contributed by atoms with Crippen LogP contribution in [0.3, 0.4) is 0 Å². The molecule has 2 unspecified atom stereocenters. The Labute approximate surface area is 125 Å². The van der Waals surface area contributed by atoms with Gasteiger partial charge in [0.25, 0.3) is 0 Å². The highest BCUT2D eigenvalue weighted by molar-refractivity contribution is 5.78. The monoisotopic (exact) mass is 299 g/mol. The van der Waals surface area contributed by atoms with Gasteiger partial charge in [0.05, 0.1) is 24.2 Å². The van der Waals surface area contributed by atoms with Crippen molar-refractivity contribution in [1.82, 2.24) is 4.90 Å². The standard InChI is InChI=1S/C15H25NO5/c1-10-7-13(8-11(2)21-10)20-9-14(17)16-5-3-12(4-6-16)15(18)19/h10-13H,3-9H2,1-2H3,(H,18,19). The number of hydrogen-bond acceptors (Lipinski definition) is 4. The van der Waals surface area contributed by atoms with Crippen LogP contribution in [0.25, 0.3) is 0 Å². The number of piperidine rings is 1. The van der Waals surface area contributed by atoms with Gasteiger partial charge in [0, 0.05) is 13.1 Å². The van der Waals surface area contributed by atoms with E-state index in [4.69, 9.17) is 14.6 Å². The van der Waals surface area contributed by atoms with Gasteiger partial charge >= 0.3 is 5.97 Å². The van der Waals surface area contributed by atoms with Gasteiger partial charge in [-0.1, -0.05) is 0 Å². The third kappa shape index (κ3) is 4.68. The lowest BCUT2D eigenvalue weighted by atomic mass is 9.97. The third-order valence-electron chi connectivity index (χ3n) is 4.29. The molecule has 21 heavy (non-hydrogen) atoms. The van der Waals surface area contributed by atoms with E-state index in [0.717, 1.165) is 12.8 Å². The van der Waals surface area contributed by atoms with Gasteiger partial charge in [-0.3, -0.25) is 9.59 Å². The first-order valence-corrected chi connectivity index (χ1v) is 7.73. The molecule has 0 aliphatic carbocycles. The van der Waals surface area contributed by atoms with Crippen molar-refractivity contribution in [2.24, 2.45) is 5.92 Å². The molecule has 2 rings (SSSR count). The minimum atomic E-state index is -0.761. The Balaban J connectivity index is 1.71. The summed E-state index contributed by atoms with van der Waals surface area (Å²) < 4.78 is 11.4. The highest BCUT2D eigenvalue weighted by Gasteiger charge is 2.29. The van der Waals surface area contributed by atoms with E-state index in [2.05, 4.69) is 0 Å². The number of hydrogen-bond donors (Lipinski definition) is 1. The van der Waals surface area contributed by atoms with Crippen molar-refractivity contribution in [3.8, 4) is 0 Å². The van der Waals surface area contributed by atoms with Crippen LogP contribution in [-0.2, 0) is 19.1 Å². The van der Waals surface area contributed by atoms with Gasteiger partial charge in [-0.25, -0.2) is 0 Å². The molecule has 6 nitrogen and oxygen atoms in total. The molecule has 1 amide bonds. The van der Waals surface area contributed by atoms with Crippen LogP contribution in [0.15, 0.2) is 0 Å². The first-order chi connectivity index (χ1) is 9.95. The van der Waals surface area contributed by atoms with E-state index in [1.54, 1.807) is 4.90 Å². The van der Waals surface area contributed by atoms with Crippen LogP contribution >= 0.6 is 0 Å². The van der Waals surface area contributed by atoms with Gasteiger partial charge in [0.1, 0.15) is 6.61 Å². The molecule has 1 N–H and O–H groups in total. The number of carboxylic acids is 1. The Morgan fingerprint density at radius 1 is 1.19 bits per heavy atom. The van der Waals surface area contributed by atoms with Crippen molar-refractivity contribution < 1.29 is 24.2 Å². The lowest BCUT2D eigenvalue weighted by molar-refractivity contribution is -0.150. The molecule has 2 fully saturated rings. The first-order valence-electron chi connectivity index (χ1n) is 7.73. The van der Waals surface area contributed by atoms with E-state index >= 15 is 0 Å². The van der Waals surface area contributed by atoms with Crippen molar-refractivity contribution in [1.29, 1.82) is 0 Å². The van der Waals surface area contributed by atoms with E-state index in [-0.39, 0.29) is 36.7 Å². The summed E-state index contributed by atoms with van der Waals surface area (Å²) in [5.74, 6) is -1.11. The van der Waals surface area contributed by atoms with Gasteiger partial charge in [-0.15, -0.1) is 0 Å². The van der Waals surface area contributed by atoms with E-state index in [0.29, 0.717) is 25.9 Å². The Bertz CT molecular complexity index is 368. The van der Waals surface area contributed by atoms with Crippen LogP contribution in [-0.4, -0.2) is 59.9 Å². The fourth-order valence-corrected chi connectivity index (χ4v) is 3.14. The Morgan fingerprint density at radius 3 is 2.29 bits per heavy atom. The number of rotatable bonds is 4. The summed E-state index contributed by atoms with van der Waals surface area (Å²) in [6.45, 7) is 5.15. The molecule has 0 aromatic carbocycles. The molecular formula is C15H25NO5. The van der Waals surface area contributed by atoms with Crippen LogP contribution in [0, 0.1) is 5.92 Å². The van der Waals surface area contributed by atoms with Crippen LogP contribution in [0.4, 0.5) is 0 Å². The summed E-state index contributed by atoms with van der Waals surface area (Å²) in [5.41, 5.74) is 0. The Hall–Kier alpha value is -1.14. The van der Waals surface area contributed by atoms with Crippen molar-refractivity contribution in [3.63, 3.8) is 0 Å². The summed E-state index contributed by atoms with van der Waals surface area (Å²) in [6.07, 6.45) is 3.11. The zero-order chi connectivity index (χ0) is 15.4. The largest absolute Gasteiger partial charge is 0.481 e. The predicted octanol–water partition coefficient (Wildman–Crippen LogP) is 1.28. The quantitative estimate of drug-likeness (QED) is 0.846. The summed E-state index contributed by atoms with van der Waals surface area (Å²) in [4.78, 5) is 24.7. The maximum atomic E-state index is 12.1. The second kappa shape index (κ2) is 7.22. The summed E-state index contributed by atoms with van der Waals surface area (Å²) in [5, 5.41) is 8.95. The van der Waals surface area contributed by atoms with Crippen molar-refractivity contribution >= 4 is 11.9 Å². The number of aliphatic carboxylic acids is 1. The molecule has 2 aliphatic heterocycles. The van der Waals surface area contributed by atoms with E-state index in [1.165, 1.54) is 0 Å². The number of amides is 1. The molecule has 0 bridgehead atoms. The van der Waals surface area contributed by atoms with Crippen LogP contribution in [0.5, 0.6) is 0 Å². The second-order valence-electron chi connectivity index (χ2n) is 6.16. The lowest BCUT2D eigenvalue weighted by Gasteiger charge is -2.33. The van der Waals surface area contributed by atoms with E-state index in [9.17, 15) is 9.59 Å². The second-order valence-corrected chi connectivity index (χ2v) is 6.16. The molecular weight excluding hydrogens is 274 g/mol. The Morgan fingerprint density at radius 2 is 1.76 bits per heavy atom. The van der Waals surface area contributed by atoms with Gasteiger partial charge in [0.15, 0.2) is 0 Å². The molecule has 2 saturated heterocycles. The van der Waals surface area contributed by atoms with E-state index < -0.39 is 5.97 Å². The molecule has 6 heteroatoms. The van der Waals surface area contributed by atoms with Gasteiger partial charge < -0.3 is 19.5 Å². The average molecular weight is 299 g/mol. The highest BCUT2D eigenvalue weighted by Crippen LogP contribution is 2.22. The topological polar surface area (TPSA) is 76.1 Å². The lowest BCUT2D eigenvalue weighted by Crippen LogP contribution is -2.43. The number of ether oxygens (including phenoxy) is 2. The average Bonchev–Trinajstić information content (AvgIpc) is 2.44. The maximum absolute atomic E-state index is 12.1. The summed E-state index contributed by atoms with van der Waals surface area (Å²) in [6, 6.07) is 0. The molecule has 2 aliphatic rings. The van der Waals surface area contributed by atoms with E-state index in [1.807, 2.05) is 13.8 Å². The fraction of sp³-hybridized carbons (Fsp3) is 0.867. The minimum absolute atomic E-state index is 0.0364. The summed E-state index contributed by atoms with van der Waals surface area (Å²) in [7, 11) is 0. The predicted molar refractivity (Wildman–Crippen MR) is 75.9 cm³/mol. The zero-order valence-corrected chi connectivity index (χ0v) is 12.8. The summed E-state index contributed by atoms with van der Waals surface area (Å²) >= 11 is 0. The third-order valence-corrected chi connectivity index (χ3v) is 4.29. The highest BCUT2D eigenvalue weighted by atomic mass is 16.5. The number of nitrogens with zero attached hydrogens (tertiary/aromatic N) is 1. The smallest absolute Gasteiger partial charge is 0.306 e. The van der Waals surface area contributed by atoms with Gasteiger partial charge in [-0.05, 0) is 39.5 Å². The molecule has 0 spiro atoms. The number of carboxylic acid groups (broad SMARTS) is 1. The molecule has 0 aromatic rings. The zero-order valence-electron chi connectivity index (χ0n) is 12.8. The number of carbonyl (C=O) groups excluding carboxylic acids is 1. The van der Waals surface area contributed by atoms with Crippen molar-refractivity contribution in [2.45, 2.75) is 57.8 Å². The molecule has 0 radical (unpaired) electrons. The van der Waals surface area contributed by atoms with Crippen LogP contribution < -0.4 is 0 Å². The van der Waals surface area contributed by atoms with Gasteiger partial charge in [-0.2, -0.15) is 0 Å². The Kier molecular flexibility index (Phi) is 5.58. The number of carbonyl (C=O) groups is 2. The first kappa shape index (κ1) is 16.2. The van der Waals surface area contributed by atoms with Crippen molar-refractivity contribution in [3.05, 3.63) is 0 Å². The molecule has 120 valence electrons. The molecule has 2 atom stereocenters. The van der Waals surface area contributed by atoms with Crippen LogP contribution in [0.2, 0.25) is 0 Å². The molecule has 0 aromatic heterocycles. The minimum Gasteiger partial charge on any atom is -0.481 e. The van der Waals surface area contributed by atoms with Crippen molar-refractivity contribution in [2.75, 3.05) is 19.7 Å². The van der Waals surface area contributed by atoms with Gasteiger partial charge in [0.2, 0.25) is 5.91 Å². The number of likely N-dealkylation sites (tertiary alicyclic amines) is 1.